The summed E-state index contributed by atoms with van der Waals surface area (Å²) in [6.07, 6.45) is 0.750. The average Bonchev–Trinajstić information content (AvgIpc) is 0.918. The molecule has 2 heteroatoms. The standard InChI is InChI=1S/C2H4O.CH3.Rb/c1-2-3;;/h2H,1H3;1H3;/q;-1;+1. The predicted octanol–water partition coefficient (Wildman–Crippen LogP) is -2.34. The second-order valence-electron chi connectivity index (χ2n) is 0.236. The van der Waals surface area contributed by atoms with Crippen LogP contribution in [0, 0.1) is 7.43 Å². The van der Waals surface area contributed by atoms with Crippen molar-refractivity contribution in [2.75, 3.05) is 0 Å². The molecule has 0 heterocycles. The Bertz CT molecular complexity index is 14.4. The monoisotopic (exact) mass is 144 g/mol. The maximum atomic E-state index is 8.81. The summed E-state index contributed by atoms with van der Waals surface area (Å²) in [5, 5.41) is 0. The zero-order valence-corrected chi connectivity index (χ0v) is 8.90. The minimum atomic E-state index is 0. The van der Waals surface area contributed by atoms with Crippen LogP contribution in [0.4, 0.5) is 0 Å². The smallest absolute Gasteiger partial charge is 0.358 e. The van der Waals surface area contributed by atoms with E-state index in [0.717, 1.165) is 6.29 Å². The quantitative estimate of drug-likeness (QED) is 0.275. The Balaban J connectivity index is -0.0000000200. The van der Waals surface area contributed by atoms with Crippen LogP contribution in [0.5, 0.6) is 0 Å². The van der Waals surface area contributed by atoms with Crippen molar-refractivity contribution in [3.8, 4) is 0 Å². The van der Waals surface area contributed by atoms with Crippen molar-refractivity contribution in [2.45, 2.75) is 6.92 Å². The van der Waals surface area contributed by atoms with Gasteiger partial charge in [0.15, 0.2) is 0 Å². The van der Waals surface area contributed by atoms with Gasteiger partial charge < -0.3 is 12.2 Å². The van der Waals surface area contributed by atoms with Crippen molar-refractivity contribution in [2.24, 2.45) is 0 Å². The summed E-state index contributed by atoms with van der Waals surface area (Å²) in [4.78, 5) is 8.81. The van der Waals surface area contributed by atoms with Crippen molar-refractivity contribution in [1.82, 2.24) is 0 Å². The number of rotatable bonds is 0. The Morgan fingerprint density at radius 1 is 1.60 bits per heavy atom. The first-order valence-electron chi connectivity index (χ1n) is 0.813. The Labute approximate surface area is 81.9 Å². The molecule has 0 saturated carbocycles. The normalized spacial score (nSPS) is 2.60. The van der Waals surface area contributed by atoms with Gasteiger partial charge in [0, 0.05) is 0 Å². The maximum absolute atomic E-state index is 8.81. The summed E-state index contributed by atoms with van der Waals surface area (Å²) in [7, 11) is 0. The van der Waals surface area contributed by atoms with Crippen LogP contribution in [0.1, 0.15) is 6.92 Å². The number of carbonyl (C=O) groups is 1. The molecule has 0 aromatic rings. The van der Waals surface area contributed by atoms with Crippen LogP contribution >= 0.6 is 0 Å². The topological polar surface area (TPSA) is 17.1 Å². The average molecular weight is 145 g/mol. The summed E-state index contributed by atoms with van der Waals surface area (Å²) in [6, 6.07) is 0. The molecule has 0 rings (SSSR count). The molecule has 0 atom stereocenters. The third kappa shape index (κ3) is 30.4. The van der Waals surface area contributed by atoms with Gasteiger partial charge in [0.2, 0.25) is 0 Å². The van der Waals surface area contributed by atoms with Gasteiger partial charge in [-0.15, -0.1) is 0 Å². The van der Waals surface area contributed by atoms with E-state index in [-0.39, 0.29) is 65.6 Å². The van der Waals surface area contributed by atoms with Crippen LogP contribution < -0.4 is 58.2 Å². The van der Waals surface area contributed by atoms with Crippen LogP contribution in [-0.2, 0) is 4.79 Å². The molecular weight excluding hydrogens is 138 g/mol. The second-order valence-corrected chi connectivity index (χ2v) is 0.236. The molecule has 0 aliphatic carbocycles. The molecule has 0 bridgehead atoms. The van der Waals surface area contributed by atoms with Gasteiger partial charge >= 0.3 is 58.2 Å². The molecule has 0 aromatic heterocycles. The second kappa shape index (κ2) is 17.9. The molecule has 26 valence electrons. The molecule has 0 spiro atoms. The van der Waals surface area contributed by atoms with Gasteiger partial charge in [-0.2, -0.15) is 0 Å². The molecule has 0 saturated heterocycles. The largest absolute Gasteiger partial charge is 1.00 e. The van der Waals surface area contributed by atoms with E-state index in [1.54, 1.807) is 0 Å². The van der Waals surface area contributed by atoms with Gasteiger partial charge in [-0.05, 0) is 6.92 Å². The van der Waals surface area contributed by atoms with E-state index in [0.29, 0.717) is 0 Å². The van der Waals surface area contributed by atoms with Crippen LogP contribution in [-0.4, -0.2) is 6.29 Å². The van der Waals surface area contributed by atoms with Gasteiger partial charge in [0.25, 0.3) is 0 Å². The number of carbonyl (C=O) groups excluding carboxylic acids is 1. The Kier molecular flexibility index (Phi) is 57.5. The summed E-state index contributed by atoms with van der Waals surface area (Å²) >= 11 is 0. The van der Waals surface area contributed by atoms with Crippen molar-refractivity contribution in [3.63, 3.8) is 0 Å². The molecule has 0 aliphatic heterocycles. The maximum Gasteiger partial charge on any atom is 1.00 e. The first-order valence-corrected chi connectivity index (χ1v) is 0.813. The van der Waals surface area contributed by atoms with E-state index in [1.165, 1.54) is 6.92 Å². The number of aldehydes is 1. The summed E-state index contributed by atoms with van der Waals surface area (Å²) in [6.45, 7) is 1.44. The molecule has 5 heavy (non-hydrogen) atoms. The summed E-state index contributed by atoms with van der Waals surface area (Å²) in [5.74, 6) is 0. The SMILES string of the molecule is CC=O.[CH3-].[Rb+]. The molecule has 0 amide bonds. The zero-order valence-electron chi connectivity index (χ0n) is 3.99. The van der Waals surface area contributed by atoms with Crippen molar-refractivity contribution in [1.29, 1.82) is 0 Å². The van der Waals surface area contributed by atoms with Crippen LogP contribution in [0.25, 0.3) is 0 Å². The molecule has 0 N–H and O–H groups in total. The molecule has 0 radical (unpaired) electrons. The molecular formula is C3H7ORb. The number of hydrogen-bond acceptors (Lipinski definition) is 1. The molecule has 0 aliphatic rings. The Hall–Kier alpha value is 1.48. The first-order chi connectivity index (χ1) is 1.41. The number of hydrogen-bond donors (Lipinski definition) is 0. The van der Waals surface area contributed by atoms with E-state index < -0.39 is 0 Å². The molecule has 0 unspecified atom stereocenters. The molecule has 1 nitrogen and oxygen atoms in total. The minimum Gasteiger partial charge on any atom is -0.358 e. The fourth-order valence-corrected chi connectivity index (χ4v) is 0. The van der Waals surface area contributed by atoms with Crippen LogP contribution in [0.2, 0.25) is 0 Å². The first kappa shape index (κ1) is 16.1. The minimum absolute atomic E-state index is 0. The van der Waals surface area contributed by atoms with E-state index in [1.807, 2.05) is 0 Å². The fourth-order valence-electron chi connectivity index (χ4n) is 0. The van der Waals surface area contributed by atoms with Crippen LogP contribution in [0.15, 0.2) is 0 Å². The van der Waals surface area contributed by atoms with Gasteiger partial charge in [-0.1, -0.05) is 0 Å². The van der Waals surface area contributed by atoms with E-state index in [4.69, 9.17) is 4.79 Å². The molecule has 0 aromatic carbocycles. The summed E-state index contributed by atoms with van der Waals surface area (Å²) < 4.78 is 0. The van der Waals surface area contributed by atoms with Gasteiger partial charge in [-0.3, -0.25) is 0 Å². The Morgan fingerprint density at radius 3 is 1.60 bits per heavy atom. The van der Waals surface area contributed by atoms with Gasteiger partial charge in [0.1, 0.15) is 6.29 Å². The van der Waals surface area contributed by atoms with E-state index >= 15 is 0 Å². The van der Waals surface area contributed by atoms with Crippen molar-refractivity contribution < 1.29 is 63.0 Å². The van der Waals surface area contributed by atoms with E-state index in [9.17, 15) is 0 Å². The third-order valence-electron chi connectivity index (χ3n) is 0. The third-order valence-corrected chi connectivity index (χ3v) is 0. The summed E-state index contributed by atoms with van der Waals surface area (Å²) in [5.41, 5.74) is 0. The fraction of sp³-hybridized carbons (Fsp3) is 0.333. The van der Waals surface area contributed by atoms with Gasteiger partial charge in [-0.25, -0.2) is 0 Å². The Morgan fingerprint density at radius 2 is 1.60 bits per heavy atom. The van der Waals surface area contributed by atoms with E-state index in [2.05, 4.69) is 0 Å². The molecule has 0 fully saturated rings. The van der Waals surface area contributed by atoms with Gasteiger partial charge in [0.05, 0.1) is 0 Å². The van der Waals surface area contributed by atoms with Crippen LogP contribution in [0.3, 0.4) is 0 Å². The van der Waals surface area contributed by atoms with Crippen molar-refractivity contribution >= 4 is 6.29 Å². The predicted molar refractivity (Wildman–Crippen MR) is 18.2 cm³/mol. The zero-order chi connectivity index (χ0) is 2.71. The van der Waals surface area contributed by atoms with Crippen molar-refractivity contribution in [3.05, 3.63) is 7.43 Å².